The molecule has 0 spiro atoms. The topological polar surface area (TPSA) is 92.6 Å². The molecule has 5 aromatic rings. The lowest BCUT2D eigenvalue weighted by molar-refractivity contribution is 0.242. The molecule has 168 valence electrons. The Morgan fingerprint density at radius 3 is 2.71 bits per heavy atom. The Bertz CT molecular complexity index is 1480. The van der Waals surface area contributed by atoms with Crippen LogP contribution in [0.5, 0.6) is 0 Å². The van der Waals surface area contributed by atoms with E-state index in [1.165, 1.54) is 6.33 Å². The monoisotopic (exact) mass is 467 g/mol. The third-order valence-electron chi connectivity index (χ3n) is 5.94. The van der Waals surface area contributed by atoms with E-state index in [4.69, 9.17) is 10.1 Å². The van der Waals surface area contributed by atoms with Crippen LogP contribution >= 0.6 is 11.3 Å². The van der Waals surface area contributed by atoms with E-state index in [2.05, 4.69) is 37.5 Å². The number of thiophene rings is 1. The lowest BCUT2D eigenvalue weighted by Crippen LogP contribution is -2.35. The minimum atomic E-state index is -0.105. The van der Waals surface area contributed by atoms with Gasteiger partial charge in [0.15, 0.2) is 0 Å². The summed E-state index contributed by atoms with van der Waals surface area (Å²) in [7, 11) is 0. The van der Waals surface area contributed by atoms with E-state index in [0.29, 0.717) is 30.9 Å². The summed E-state index contributed by atoms with van der Waals surface area (Å²) in [4.78, 5) is 32.0. The SMILES string of the molecule is O=c1[nH]c(-c2cncnc2)nc2c1CN(Cc1cn(-c3ccccc3)nc1-c1cccs1)CC2. The molecule has 0 saturated heterocycles. The number of rotatable bonds is 5. The van der Waals surface area contributed by atoms with Gasteiger partial charge in [-0.25, -0.2) is 19.6 Å². The molecule has 5 heterocycles. The van der Waals surface area contributed by atoms with Crippen molar-refractivity contribution in [3.8, 4) is 27.6 Å². The number of para-hydroxylation sites is 1. The fourth-order valence-electron chi connectivity index (χ4n) is 4.27. The van der Waals surface area contributed by atoms with E-state index in [0.717, 1.165) is 39.6 Å². The van der Waals surface area contributed by atoms with E-state index in [9.17, 15) is 4.79 Å². The van der Waals surface area contributed by atoms with Crippen LogP contribution in [0.2, 0.25) is 0 Å². The molecule has 1 aliphatic rings. The zero-order valence-corrected chi connectivity index (χ0v) is 19.1. The van der Waals surface area contributed by atoms with E-state index in [1.54, 1.807) is 23.7 Å². The van der Waals surface area contributed by atoms with Crippen molar-refractivity contribution in [3.63, 3.8) is 0 Å². The first-order chi connectivity index (χ1) is 16.7. The van der Waals surface area contributed by atoms with Gasteiger partial charge in [-0.2, -0.15) is 5.10 Å². The van der Waals surface area contributed by atoms with Crippen LogP contribution in [0.15, 0.2) is 77.6 Å². The number of hydrogen-bond donors (Lipinski definition) is 1. The van der Waals surface area contributed by atoms with Gasteiger partial charge in [0, 0.05) is 50.2 Å². The minimum absolute atomic E-state index is 0.105. The van der Waals surface area contributed by atoms with Gasteiger partial charge in [0.05, 0.1) is 27.4 Å². The summed E-state index contributed by atoms with van der Waals surface area (Å²) >= 11 is 1.68. The lowest BCUT2D eigenvalue weighted by atomic mass is 10.1. The molecule has 0 fully saturated rings. The Labute approximate surface area is 199 Å². The summed E-state index contributed by atoms with van der Waals surface area (Å²) in [6, 6.07) is 14.3. The molecule has 1 aliphatic heterocycles. The molecule has 1 aromatic carbocycles. The molecule has 6 rings (SSSR count). The molecule has 1 N–H and O–H groups in total. The second kappa shape index (κ2) is 8.77. The maximum absolute atomic E-state index is 12.9. The number of aromatic nitrogens is 6. The molecule has 34 heavy (non-hydrogen) atoms. The Hall–Kier alpha value is -3.95. The molecule has 0 radical (unpaired) electrons. The molecule has 0 amide bonds. The fraction of sp³-hybridized carbons (Fsp3) is 0.160. The van der Waals surface area contributed by atoms with Gasteiger partial charge in [0.1, 0.15) is 17.8 Å². The summed E-state index contributed by atoms with van der Waals surface area (Å²) < 4.78 is 1.94. The Morgan fingerprint density at radius 1 is 1.06 bits per heavy atom. The molecule has 0 atom stereocenters. The standard InChI is InChI=1S/C25H21N7OS/c33-25-20-15-31(9-8-21(20)28-24(29-25)17-11-26-16-27-12-17)13-18-14-32(19-5-2-1-3-6-19)30-23(18)22-7-4-10-34-22/h1-7,10-12,14,16H,8-9,13,15H2,(H,28,29,33). The number of hydrogen-bond acceptors (Lipinski definition) is 7. The van der Waals surface area contributed by atoms with E-state index in [1.807, 2.05) is 41.1 Å². The highest BCUT2D eigenvalue weighted by atomic mass is 32.1. The average Bonchev–Trinajstić information content (AvgIpc) is 3.56. The first kappa shape index (κ1) is 20.6. The smallest absolute Gasteiger partial charge is 0.255 e. The first-order valence-electron chi connectivity index (χ1n) is 11.0. The van der Waals surface area contributed by atoms with Gasteiger partial charge in [-0.05, 0) is 23.6 Å². The van der Waals surface area contributed by atoms with Crippen LogP contribution in [0.4, 0.5) is 0 Å². The van der Waals surface area contributed by atoms with Gasteiger partial charge in [-0.1, -0.05) is 24.3 Å². The summed E-state index contributed by atoms with van der Waals surface area (Å²) in [5.41, 5.74) is 5.31. The summed E-state index contributed by atoms with van der Waals surface area (Å²) in [5, 5.41) is 6.97. The van der Waals surface area contributed by atoms with Gasteiger partial charge >= 0.3 is 0 Å². The predicted molar refractivity (Wildman–Crippen MR) is 131 cm³/mol. The average molecular weight is 468 g/mol. The Balaban J connectivity index is 1.30. The third-order valence-corrected chi connectivity index (χ3v) is 6.82. The van der Waals surface area contributed by atoms with Crippen molar-refractivity contribution in [1.82, 2.24) is 34.6 Å². The number of nitrogens with one attached hydrogen (secondary N) is 1. The zero-order valence-electron chi connectivity index (χ0n) is 18.3. The van der Waals surface area contributed by atoms with Crippen molar-refractivity contribution >= 4 is 11.3 Å². The maximum Gasteiger partial charge on any atom is 0.255 e. The number of benzene rings is 1. The predicted octanol–water partition coefficient (Wildman–Crippen LogP) is 3.70. The number of H-pyrrole nitrogens is 1. The lowest BCUT2D eigenvalue weighted by Gasteiger charge is -2.27. The summed E-state index contributed by atoms with van der Waals surface area (Å²) in [6.45, 7) is 2.06. The molecule has 0 unspecified atom stereocenters. The molecule has 4 aromatic heterocycles. The van der Waals surface area contributed by atoms with Crippen molar-refractivity contribution in [1.29, 1.82) is 0 Å². The number of fused-ring (bicyclic) bond motifs is 1. The quantitative estimate of drug-likeness (QED) is 0.424. The molecular formula is C25H21N7OS. The van der Waals surface area contributed by atoms with Gasteiger partial charge in [-0.3, -0.25) is 9.69 Å². The Kier molecular flexibility index (Phi) is 5.32. The normalized spacial score (nSPS) is 13.6. The van der Waals surface area contributed by atoms with Gasteiger partial charge in [0.2, 0.25) is 0 Å². The number of aromatic amines is 1. The van der Waals surface area contributed by atoms with Gasteiger partial charge < -0.3 is 4.98 Å². The van der Waals surface area contributed by atoms with Crippen molar-refractivity contribution < 1.29 is 0 Å². The first-order valence-corrected chi connectivity index (χ1v) is 11.9. The molecule has 8 nitrogen and oxygen atoms in total. The van der Waals surface area contributed by atoms with Crippen LogP contribution in [0.3, 0.4) is 0 Å². The second-order valence-corrected chi connectivity index (χ2v) is 9.14. The Morgan fingerprint density at radius 2 is 1.91 bits per heavy atom. The molecule has 9 heteroatoms. The van der Waals surface area contributed by atoms with Crippen molar-refractivity contribution in [2.75, 3.05) is 6.54 Å². The highest BCUT2D eigenvalue weighted by Crippen LogP contribution is 2.29. The highest BCUT2D eigenvalue weighted by molar-refractivity contribution is 7.13. The largest absolute Gasteiger partial charge is 0.306 e. The van der Waals surface area contributed by atoms with Crippen molar-refractivity contribution in [2.24, 2.45) is 0 Å². The van der Waals surface area contributed by atoms with Crippen molar-refractivity contribution in [3.05, 3.63) is 99.9 Å². The van der Waals surface area contributed by atoms with Crippen LogP contribution in [0, 0.1) is 0 Å². The second-order valence-electron chi connectivity index (χ2n) is 8.19. The van der Waals surface area contributed by atoms with Gasteiger partial charge in [-0.15, -0.1) is 11.3 Å². The molecule has 0 aliphatic carbocycles. The van der Waals surface area contributed by atoms with Crippen molar-refractivity contribution in [2.45, 2.75) is 19.5 Å². The minimum Gasteiger partial charge on any atom is -0.306 e. The van der Waals surface area contributed by atoms with Crippen LogP contribution in [0.1, 0.15) is 16.8 Å². The van der Waals surface area contributed by atoms with Crippen LogP contribution < -0.4 is 5.56 Å². The molecular weight excluding hydrogens is 446 g/mol. The van der Waals surface area contributed by atoms with E-state index < -0.39 is 0 Å². The summed E-state index contributed by atoms with van der Waals surface area (Å²) in [6.07, 6.45) is 7.58. The van der Waals surface area contributed by atoms with Crippen LogP contribution in [-0.4, -0.2) is 41.2 Å². The van der Waals surface area contributed by atoms with E-state index in [-0.39, 0.29) is 5.56 Å². The molecule has 0 saturated carbocycles. The van der Waals surface area contributed by atoms with Crippen LogP contribution in [-0.2, 0) is 19.5 Å². The number of nitrogens with zero attached hydrogens (tertiary/aromatic N) is 6. The van der Waals surface area contributed by atoms with E-state index >= 15 is 0 Å². The fourth-order valence-corrected chi connectivity index (χ4v) is 5.02. The summed E-state index contributed by atoms with van der Waals surface area (Å²) in [5.74, 6) is 0.516. The maximum atomic E-state index is 12.9. The van der Waals surface area contributed by atoms with Gasteiger partial charge in [0.25, 0.3) is 5.56 Å². The zero-order chi connectivity index (χ0) is 22.9. The highest BCUT2D eigenvalue weighted by Gasteiger charge is 2.24. The third kappa shape index (κ3) is 3.95. The van der Waals surface area contributed by atoms with Crippen LogP contribution in [0.25, 0.3) is 27.6 Å². The molecule has 0 bridgehead atoms.